The van der Waals surface area contributed by atoms with E-state index in [1.165, 1.54) is 29.5 Å². The van der Waals surface area contributed by atoms with E-state index >= 15 is 0 Å². The lowest BCUT2D eigenvalue weighted by molar-refractivity contribution is -0.387. The van der Waals surface area contributed by atoms with Gasteiger partial charge in [0.2, 0.25) is 5.91 Å². The summed E-state index contributed by atoms with van der Waals surface area (Å²) in [5, 5.41) is 11.7. The monoisotopic (exact) mass is 425 g/mol. The lowest BCUT2D eigenvalue weighted by atomic mass is 10.0. The van der Waals surface area contributed by atoms with Gasteiger partial charge in [0.15, 0.2) is 0 Å². The Hall–Kier alpha value is -2.64. The molecule has 7 heteroatoms. The number of carbonyl (C=O) groups excluding carboxylic acids is 1. The van der Waals surface area contributed by atoms with Crippen LogP contribution in [0.15, 0.2) is 58.3 Å². The number of nitro groups is 1. The second-order valence-corrected chi connectivity index (χ2v) is 8.82. The van der Waals surface area contributed by atoms with E-state index in [0.29, 0.717) is 29.5 Å². The van der Waals surface area contributed by atoms with Crippen LogP contribution in [0.3, 0.4) is 0 Å². The van der Waals surface area contributed by atoms with Crippen LogP contribution in [0.5, 0.6) is 0 Å². The van der Waals surface area contributed by atoms with Gasteiger partial charge in [0, 0.05) is 43.2 Å². The number of nitrogens with zero attached hydrogens (tertiary/aromatic N) is 3. The van der Waals surface area contributed by atoms with Gasteiger partial charge in [-0.05, 0) is 42.3 Å². The summed E-state index contributed by atoms with van der Waals surface area (Å²) in [6.45, 7) is 7.33. The van der Waals surface area contributed by atoms with E-state index in [0.717, 1.165) is 18.0 Å². The largest absolute Gasteiger partial charge is 0.337 e. The molecule has 2 aromatic rings. The number of likely N-dealkylation sites (N-methyl/N-ethyl adjacent to an activating group) is 1. The first kappa shape index (κ1) is 22.1. The maximum Gasteiger partial charge on any atom is 0.283 e. The molecule has 1 saturated heterocycles. The van der Waals surface area contributed by atoms with E-state index in [9.17, 15) is 14.9 Å². The molecule has 0 radical (unpaired) electrons. The highest BCUT2D eigenvalue weighted by molar-refractivity contribution is 7.99. The van der Waals surface area contributed by atoms with Crippen molar-refractivity contribution < 1.29 is 9.72 Å². The van der Waals surface area contributed by atoms with Gasteiger partial charge >= 0.3 is 0 Å². The molecule has 3 rings (SSSR count). The molecule has 1 fully saturated rings. The van der Waals surface area contributed by atoms with Crippen LogP contribution in [-0.4, -0.2) is 53.9 Å². The molecular formula is C23H27N3O3S. The van der Waals surface area contributed by atoms with Crippen molar-refractivity contribution >= 4 is 29.4 Å². The number of hydrogen-bond donors (Lipinski definition) is 0. The summed E-state index contributed by atoms with van der Waals surface area (Å²) >= 11 is 1.41. The summed E-state index contributed by atoms with van der Waals surface area (Å²) in [6.07, 6.45) is 3.16. The predicted octanol–water partition coefficient (Wildman–Crippen LogP) is 4.66. The van der Waals surface area contributed by atoms with Crippen LogP contribution >= 0.6 is 11.8 Å². The molecular weight excluding hydrogens is 398 g/mol. The van der Waals surface area contributed by atoms with E-state index in [4.69, 9.17) is 0 Å². The fourth-order valence-corrected chi connectivity index (χ4v) is 4.51. The van der Waals surface area contributed by atoms with Gasteiger partial charge in [0.05, 0.1) is 9.82 Å². The summed E-state index contributed by atoms with van der Waals surface area (Å²) in [5.74, 6) is 0.269. The molecule has 1 heterocycles. The molecule has 30 heavy (non-hydrogen) atoms. The number of hydrogen-bond acceptors (Lipinski definition) is 5. The highest BCUT2D eigenvalue weighted by Crippen LogP contribution is 2.39. The summed E-state index contributed by atoms with van der Waals surface area (Å²) < 4.78 is 0. The molecule has 6 nitrogen and oxygen atoms in total. The van der Waals surface area contributed by atoms with Crippen molar-refractivity contribution in [3.63, 3.8) is 0 Å². The Morgan fingerprint density at radius 2 is 1.80 bits per heavy atom. The Kier molecular flexibility index (Phi) is 7.29. The standard InChI is InChI=1S/C23H27N3O3S/c1-17(2)19-6-4-5-7-21(19)30-22-10-8-18(16-20(22)26(28)29)9-11-23(27)25-14-12-24(3)13-15-25/h4-11,16-17H,12-15H2,1-3H3. The number of carbonyl (C=O) groups is 1. The molecule has 0 spiro atoms. The average molecular weight is 426 g/mol. The first-order valence-corrected chi connectivity index (χ1v) is 10.9. The van der Waals surface area contributed by atoms with Gasteiger partial charge in [-0.15, -0.1) is 0 Å². The fourth-order valence-electron chi connectivity index (χ4n) is 3.34. The number of nitro benzene ring substituents is 1. The zero-order valence-corrected chi connectivity index (χ0v) is 18.4. The number of rotatable bonds is 6. The first-order chi connectivity index (χ1) is 14.3. The minimum absolute atomic E-state index is 0.0488. The zero-order chi connectivity index (χ0) is 21.7. The topological polar surface area (TPSA) is 66.7 Å². The summed E-state index contributed by atoms with van der Waals surface area (Å²) in [5.41, 5.74) is 1.86. The van der Waals surface area contributed by atoms with Gasteiger partial charge in [-0.25, -0.2) is 0 Å². The SMILES string of the molecule is CC(C)c1ccccc1Sc1ccc(C=CC(=O)N2CCN(C)CC2)cc1[N+](=O)[O-]. The Bertz CT molecular complexity index is 950. The third-order valence-electron chi connectivity index (χ3n) is 5.17. The van der Waals surface area contributed by atoms with Gasteiger partial charge in [-0.1, -0.05) is 49.9 Å². The molecule has 0 aromatic heterocycles. The van der Waals surface area contributed by atoms with Gasteiger partial charge in [-0.2, -0.15) is 0 Å². The van der Waals surface area contributed by atoms with Crippen LogP contribution in [0.1, 0.15) is 30.9 Å². The molecule has 0 atom stereocenters. The summed E-state index contributed by atoms with van der Waals surface area (Å²) in [6, 6.07) is 13.1. The van der Waals surface area contributed by atoms with Crippen LogP contribution in [-0.2, 0) is 4.79 Å². The Morgan fingerprint density at radius 3 is 2.47 bits per heavy atom. The van der Waals surface area contributed by atoms with Crippen LogP contribution in [0.2, 0.25) is 0 Å². The lowest BCUT2D eigenvalue weighted by Crippen LogP contribution is -2.46. The number of amides is 1. The smallest absolute Gasteiger partial charge is 0.283 e. The van der Waals surface area contributed by atoms with Crippen molar-refractivity contribution in [3.05, 3.63) is 69.8 Å². The fraction of sp³-hybridized carbons (Fsp3) is 0.348. The molecule has 0 bridgehead atoms. The van der Waals surface area contributed by atoms with Gasteiger partial charge in [-0.3, -0.25) is 14.9 Å². The van der Waals surface area contributed by atoms with Gasteiger partial charge in [0.25, 0.3) is 5.69 Å². The second-order valence-electron chi connectivity index (χ2n) is 7.74. The number of piperazine rings is 1. The minimum atomic E-state index is -0.361. The Labute approximate surface area is 181 Å². The molecule has 0 aliphatic carbocycles. The highest BCUT2D eigenvalue weighted by Gasteiger charge is 2.19. The van der Waals surface area contributed by atoms with Crippen LogP contribution in [0.25, 0.3) is 6.08 Å². The van der Waals surface area contributed by atoms with E-state index in [1.54, 1.807) is 17.0 Å². The van der Waals surface area contributed by atoms with Crippen molar-refractivity contribution in [3.8, 4) is 0 Å². The van der Waals surface area contributed by atoms with E-state index in [2.05, 4.69) is 24.8 Å². The van der Waals surface area contributed by atoms with Crippen LogP contribution in [0, 0.1) is 10.1 Å². The van der Waals surface area contributed by atoms with Crippen LogP contribution < -0.4 is 0 Å². The lowest BCUT2D eigenvalue weighted by Gasteiger charge is -2.31. The van der Waals surface area contributed by atoms with Crippen molar-refractivity contribution in [2.45, 2.75) is 29.6 Å². The van der Waals surface area contributed by atoms with E-state index in [1.807, 2.05) is 31.3 Å². The van der Waals surface area contributed by atoms with Crippen molar-refractivity contribution in [2.24, 2.45) is 0 Å². The zero-order valence-electron chi connectivity index (χ0n) is 17.6. The third-order valence-corrected chi connectivity index (χ3v) is 6.33. The molecule has 1 aliphatic heterocycles. The Morgan fingerprint density at radius 1 is 1.10 bits per heavy atom. The maximum atomic E-state index is 12.4. The molecule has 0 saturated carbocycles. The summed E-state index contributed by atoms with van der Waals surface area (Å²) in [7, 11) is 2.04. The van der Waals surface area contributed by atoms with Gasteiger partial charge < -0.3 is 9.80 Å². The van der Waals surface area contributed by atoms with Gasteiger partial charge in [0.1, 0.15) is 0 Å². The van der Waals surface area contributed by atoms with Crippen molar-refractivity contribution in [1.82, 2.24) is 9.80 Å². The van der Waals surface area contributed by atoms with Crippen molar-refractivity contribution in [2.75, 3.05) is 33.2 Å². The highest BCUT2D eigenvalue weighted by atomic mass is 32.2. The van der Waals surface area contributed by atoms with E-state index < -0.39 is 0 Å². The molecule has 0 unspecified atom stereocenters. The second kappa shape index (κ2) is 9.91. The molecule has 2 aromatic carbocycles. The summed E-state index contributed by atoms with van der Waals surface area (Å²) in [4.78, 5) is 29.3. The molecule has 1 amide bonds. The van der Waals surface area contributed by atoms with E-state index in [-0.39, 0.29) is 16.5 Å². The normalized spacial score (nSPS) is 15.1. The quantitative estimate of drug-likeness (QED) is 0.383. The van der Waals surface area contributed by atoms with Crippen molar-refractivity contribution in [1.29, 1.82) is 0 Å². The molecule has 0 N–H and O–H groups in total. The third kappa shape index (κ3) is 5.49. The Balaban J connectivity index is 1.79. The molecule has 1 aliphatic rings. The van der Waals surface area contributed by atoms with Crippen LogP contribution in [0.4, 0.5) is 5.69 Å². The molecule has 158 valence electrons. The maximum absolute atomic E-state index is 12.4. The average Bonchev–Trinajstić information content (AvgIpc) is 2.73. The first-order valence-electron chi connectivity index (χ1n) is 10.1. The minimum Gasteiger partial charge on any atom is -0.337 e. The predicted molar refractivity (Wildman–Crippen MR) is 121 cm³/mol. The number of benzene rings is 2.